The monoisotopic (exact) mass is 406 g/mol. The summed E-state index contributed by atoms with van der Waals surface area (Å²) in [6, 6.07) is 4.49. The van der Waals surface area contributed by atoms with Gasteiger partial charge in [-0.15, -0.1) is 0 Å². The van der Waals surface area contributed by atoms with Crippen molar-refractivity contribution in [3.05, 3.63) is 58.8 Å². The number of hydrogen-bond acceptors (Lipinski definition) is 4. The Hall–Kier alpha value is -2.10. The molecule has 3 heterocycles. The molecule has 0 bridgehead atoms. The van der Waals surface area contributed by atoms with Crippen molar-refractivity contribution in [2.24, 2.45) is 4.99 Å². The molecule has 0 aliphatic carbocycles. The lowest BCUT2D eigenvalue weighted by Crippen LogP contribution is -2.38. The van der Waals surface area contributed by atoms with Crippen LogP contribution in [0.4, 0.5) is 26.3 Å². The van der Waals surface area contributed by atoms with Crippen LogP contribution in [0.3, 0.4) is 0 Å². The van der Waals surface area contributed by atoms with Gasteiger partial charge in [-0.2, -0.15) is 33.7 Å². The van der Waals surface area contributed by atoms with Crippen molar-refractivity contribution in [3.8, 4) is 0 Å². The van der Waals surface area contributed by atoms with Gasteiger partial charge in [0.1, 0.15) is 11.4 Å². The quantitative estimate of drug-likeness (QED) is 0.673. The summed E-state index contributed by atoms with van der Waals surface area (Å²) in [6.07, 6.45) is -3.39. The second kappa shape index (κ2) is 6.22. The third kappa shape index (κ3) is 3.09. The first-order chi connectivity index (χ1) is 12.7. The summed E-state index contributed by atoms with van der Waals surface area (Å²) in [5, 5.41) is 0. The van der Waals surface area contributed by atoms with Crippen LogP contribution in [0.2, 0.25) is 0 Å². The molecule has 0 unspecified atom stereocenters. The minimum Gasteiger partial charge on any atom is -0.431 e. The predicted octanol–water partition coefficient (Wildman–Crippen LogP) is 4.56. The van der Waals surface area contributed by atoms with E-state index in [1.54, 1.807) is 6.07 Å². The van der Waals surface area contributed by atoms with E-state index in [-0.39, 0.29) is 12.4 Å². The maximum Gasteiger partial charge on any atom is 0.417 e. The van der Waals surface area contributed by atoms with Crippen molar-refractivity contribution in [1.82, 2.24) is 4.90 Å². The number of rotatable bonds is 2. The van der Waals surface area contributed by atoms with Gasteiger partial charge in [-0.3, -0.25) is 4.99 Å². The molecular formula is C17H12F6N2OS. The number of fused-ring (bicyclic) bond motifs is 3. The number of alkyl halides is 5. The van der Waals surface area contributed by atoms with Crippen LogP contribution in [0, 0.1) is 5.82 Å². The lowest BCUT2D eigenvalue weighted by Gasteiger charge is -2.33. The molecule has 0 N–H and O–H groups in total. The fourth-order valence-corrected chi connectivity index (χ4v) is 4.72. The van der Waals surface area contributed by atoms with Gasteiger partial charge in [-0.1, -0.05) is 12.1 Å². The second-order valence-electron chi connectivity index (χ2n) is 6.32. The van der Waals surface area contributed by atoms with Crippen LogP contribution >= 0.6 is 11.8 Å². The summed E-state index contributed by atoms with van der Waals surface area (Å²) in [6.45, 7) is -3.31. The molecule has 0 fully saturated rings. The third-order valence-electron chi connectivity index (χ3n) is 4.58. The van der Waals surface area contributed by atoms with Crippen molar-refractivity contribution >= 4 is 17.6 Å². The molecule has 1 atom stereocenters. The van der Waals surface area contributed by atoms with Gasteiger partial charge in [-0.05, 0) is 17.7 Å². The van der Waals surface area contributed by atoms with E-state index >= 15 is 0 Å². The van der Waals surface area contributed by atoms with Crippen LogP contribution in [0.5, 0.6) is 0 Å². The molecule has 0 aromatic heterocycles. The highest BCUT2D eigenvalue weighted by atomic mass is 32.2. The van der Waals surface area contributed by atoms with E-state index in [0.29, 0.717) is 28.7 Å². The molecule has 0 saturated heterocycles. The first kappa shape index (κ1) is 18.3. The van der Waals surface area contributed by atoms with E-state index in [0.717, 1.165) is 11.1 Å². The topological polar surface area (TPSA) is 24.8 Å². The highest BCUT2D eigenvalue weighted by Gasteiger charge is 2.48. The largest absolute Gasteiger partial charge is 0.431 e. The van der Waals surface area contributed by atoms with Gasteiger partial charge < -0.3 is 9.64 Å². The number of thioether (sulfide) groups is 1. The van der Waals surface area contributed by atoms with Crippen molar-refractivity contribution in [3.63, 3.8) is 0 Å². The molecule has 0 saturated carbocycles. The average Bonchev–Trinajstić information content (AvgIpc) is 2.94. The maximum absolute atomic E-state index is 14.2. The van der Waals surface area contributed by atoms with Crippen LogP contribution in [0.1, 0.15) is 11.1 Å². The van der Waals surface area contributed by atoms with Crippen LogP contribution < -0.4 is 0 Å². The summed E-state index contributed by atoms with van der Waals surface area (Å²) >= 11 is 1.39. The fourth-order valence-electron chi connectivity index (χ4n) is 3.48. The van der Waals surface area contributed by atoms with Crippen molar-refractivity contribution in [2.75, 3.05) is 12.3 Å². The van der Waals surface area contributed by atoms with Crippen LogP contribution in [0.25, 0.3) is 0 Å². The number of aliphatic imine (C=N–C) groups is 1. The van der Waals surface area contributed by atoms with Gasteiger partial charge in [0.05, 0.1) is 12.1 Å². The summed E-state index contributed by atoms with van der Waals surface area (Å²) < 4.78 is 83.4. The Bertz CT molecular complexity index is 879. The van der Waals surface area contributed by atoms with E-state index in [4.69, 9.17) is 0 Å². The molecule has 3 aliphatic rings. The Morgan fingerprint density at radius 1 is 1.26 bits per heavy atom. The van der Waals surface area contributed by atoms with Gasteiger partial charge in [0.15, 0.2) is 11.6 Å². The van der Waals surface area contributed by atoms with Gasteiger partial charge in [-0.25, -0.2) is 4.39 Å². The van der Waals surface area contributed by atoms with E-state index in [1.165, 1.54) is 23.9 Å². The zero-order chi connectivity index (χ0) is 19.4. The molecule has 1 aromatic rings. The maximum atomic E-state index is 14.2. The molecule has 0 amide bonds. The van der Waals surface area contributed by atoms with Crippen LogP contribution in [0.15, 0.2) is 46.8 Å². The van der Waals surface area contributed by atoms with E-state index < -0.39 is 35.5 Å². The second-order valence-corrected chi connectivity index (χ2v) is 7.31. The van der Waals surface area contributed by atoms with Crippen molar-refractivity contribution in [1.29, 1.82) is 0 Å². The molecule has 27 heavy (non-hydrogen) atoms. The Morgan fingerprint density at radius 3 is 2.74 bits per heavy atom. The average molecular weight is 406 g/mol. The van der Waals surface area contributed by atoms with E-state index in [1.807, 2.05) is 0 Å². The molecule has 144 valence electrons. The third-order valence-corrected chi connectivity index (χ3v) is 5.75. The SMILES string of the molecule is Fc1cccc2c1CSC[C@@]21CN2C=C(C(F)(F)F)C=C(OC(F)F)C2=N1. The highest BCUT2D eigenvalue weighted by molar-refractivity contribution is 7.98. The van der Waals surface area contributed by atoms with E-state index in [9.17, 15) is 26.3 Å². The minimum atomic E-state index is -4.73. The molecular weight excluding hydrogens is 394 g/mol. The smallest absolute Gasteiger partial charge is 0.417 e. The number of hydrogen-bond donors (Lipinski definition) is 0. The number of allylic oxidation sites excluding steroid dienone is 2. The molecule has 3 aliphatic heterocycles. The Morgan fingerprint density at radius 2 is 2.04 bits per heavy atom. The lowest BCUT2D eigenvalue weighted by atomic mass is 9.88. The molecule has 1 aromatic carbocycles. The minimum absolute atomic E-state index is 0.0185. The standard InChI is InChI=1S/C17H12F6N2OS/c18-12-3-1-2-11-10(12)6-27-8-16(11)7-25-5-9(17(21,22)23)4-13(14(25)24-16)26-15(19)20/h1-5,15H,6-8H2/t16-/m0/s1. The van der Waals surface area contributed by atoms with Crippen LogP contribution in [-0.2, 0) is 16.0 Å². The van der Waals surface area contributed by atoms with Crippen LogP contribution in [-0.4, -0.2) is 35.8 Å². The summed E-state index contributed by atoms with van der Waals surface area (Å²) in [4.78, 5) is 5.60. The summed E-state index contributed by atoms with van der Waals surface area (Å²) in [5.41, 5.74) is -1.16. The van der Waals surface area contributed by atoms with Gasteiger partial charge in [0.25, 0.3) is 0 Å². The van der Waals surface area contributed by atoms with E-state index in [2.05, 4.69) is 9.73 Å². The number of nitrogens with zero attached hydrogens (tertiary/aromatic N) is 2. The first-order valence-electron chi connectivity index (χ1n) is 7.88. The molecule has 0 radical (unpaired) electrons. The highest BCUT2D eigenvalue weighted by Crippen LogP contribution is 2.46. The Labute approximate surface area is 154 Å². The Balaban J connectivity index is 1.82. The molecule has 4 rings (SSSR count). The molecule has 1 spiro atoms. The summed E-state index contributed by atoms with van der Waals surface area (Å²) in [7, 11) is 0. The van der Waals surface area contributed by atoms with Gasteiger partial charge in [0, 0.05) is 23.3 Å². The first-order valence-corrected chi connectivity index (χ1v) is 9.03. The van der Waals surface area contributed by atoms with Crippen molar-refractivity contribution < 1.29 is 31.1 Å². The molecule has 10 heteroatoms. The number of benzene rings is 1. The normalized spacial score (nSPS) is 24.4. The summed E-state index contributed by atoms with van der Waals surface area (Å²) in [5.74, 6) is -0.378. The number of ether oxygens (including phenoxy) is 1. The zero-order valence-electron chi connectivity index (χ0n) is 13.6. The fraction of sp³-hybridized carbons (Fsp3) is 0.353. The Kier molecular flexibility index (Phi) is 4.21. The lowest BCUT2D eigenvalue weighted by molar-refractivity contribution is -0.0981. The number of halogens is 6. The molecule has 3 nitrogen and oxygen atoms in total. The van der Waals surface area contributed by atoms with Gasteiger partial charge >= 0.3 is 12.8 Å². The zero-order valence-corrected chi connectivity index (χ0v) is 14.4. The van der Waals surface area contributed by atoms with Gasteiger partial charge in [0.2, 0.25) is 0 Å². The number of amidine groups is 1. The van der Waals surface area contributed by atoms with Crippen molar-refractivity contribution in [2.45, 2.75) is 24.1 Å². The predicted molar refractivity (Wildman–Crippen MR) is 87.7 cm³/mol.